The van der Waals surface area contributed by atoms with E-state index < -0.39 is 10.1 Å². The average molecular weight is 592 g/mol. The lowest BCUT2D eigenvalue weighted by Crippen LogP contribution is -2.15. The van der Waals surface area contributed by atoms with E-state index >= 15 is 0 Å². The second-order valence-electron chi connectivity index (χ2n) is 9.62. The number of thiophene rings is 1. The largest absolute Gasteiger partial charge is 0.380 e. The first-order valence-electron chi connectivity index (χ1n) is 12.8. The lowest BCUT2D eigenvalue weighted by molar-refractivity contribution is 0.295. The van der Waals surface area contributed by atoms with E-state index in [1.54, 1.807) is 22.1 Å². The molecule has 210 valence electrons. The molecule has 1 aliphatic carbocycles. The summed E-state index contributed by atoms with van der Waals surface area (Å²) in [4.78, 5) is 11.0. The smallest absolute Gasteiger partial charge is 0.264 e. The van der Waals surface area contributed by atoms with E-state index in [4.69, 9.17) is 9.59 Å². The maximum absolute atomic E-state index is 13.5. The predicted octanol–water partition coefficient (Wildman–Crippen LogP) is 5.12. The highest BCUT2D eigenvalue weighted by Crippen LogP contribution is 2.45. The average Bonchev–Trinajstić information content (AvgIpc) is 3.53. The molecule has 13 heteroatoms. The summed E-state index contributed by atoms with van der Waals surface area (Å²) < 4.78 is 42.9. The van der Waals surface area contributed by atoms with Crippen LogP contribution in [0, 0.1) is 11.2 Å². The molecule has 6 rings (SSSR count). The number of hydrogen-bond donors (Lipinski definition) is 3. The number of hydrogen-bond acceptors (Lipinski definition) is 10. The van der Waals surface area contributed by atoms with Gasteiger partial charge in [-0.05, 0) is 54.3 Å². The summed E-state index contributed by atoms with van der Waals surface area (Å²) in [5.41, 5.74) is 6.23. The second kappa shape index (κ2) is 11.0. The van der Waals surface area contributed by atoms with Crippen molar-refractivity contribution in [3.8, 4) is 10.4 Å². The first-order valence-corrected chi connectivity index (χ1v) is 15.5. The maximum atomic E-state index is 13.5. The van der Waals surface area contributed by atoms with Crippen LogP contribution in [0.2, 0.25) is 0 Å². The zero-order valence-electron chi connectivity index (χ0n) is 22.0. The molecule has 1 aliphatic rings. The fourth-order valence-electron chi connectivity index (χ4n) is 5.02. The van der Waals surface area contributed by atoms with Gasteiger partial charge in [0, 0.05) is 45.8 Å². The minimum atomic E-state index is -3.51. The molecule has 0 bridgehead atoms. The molecular weight excluding hydrogens is 565 g/mol. The molecule has 41 heavy (non-hydrogen) atoms. The van der Waals surface area contributed by atoms with E-state index in [0.29, 0.717) is 24.5 Å². The van der Waals surface area contributed by atoms with Gasteiger partial charge in [0.1, 0.15) is 22.8 Å². The van der Waals surface area contributed by atoms with Gasteiger partial charge >= 0.3 is 0 Å². The maximum Gasteiger partial charge on any atom is 0.264 e. The van der Waals surface area contributed by atoms with E-state index in [1.165, 1.54) is 24.7 Å². The van der Waals surface area contributed by atoms with Gasteiger partial charge in [0.15, 0.2) is 0 Å². The molecule has 5 aromatic rings. The third-order valence-corrected chi connectivity index (χ3v) is 8.60. The van der Waals surface area contributed by atoms with Gasteiger partial charge in [0.2, 0.25) is 0 Å². The van der Waals surface area contributed by atoms with Crippen LogP contribution in [0.15, 0.2) is 55.0 Å². The van der Waals surface area contributed by atoms with Crippen LogP contribution in [0.5, 0.6) is 0 Å². The fourth-order valence-corrected chi connectivity index (χ4v) is 6.62. The minimum Gasteiger partial charge on any atom is -0.380 e. The van der Waals surface area contributed by atoms with E-state index in [1.807, 2.05) is 30.5 Å². The molecular formula is C28H26FN7O3S2. The van der Waals surface area contributed by atoms with Crippen LogP contribution in [0.3, 0.4) is 0 Å². The van der Waals surface area contributed by atoms with Crippen molar-refractivity contribution in [3.05, 3.63) is 83.2 Å². The summed E-state index contributed by atoms with van der Waals surface area (Å²) in [6.45, 7) is 0.808. The van der Waals surface area contributed by atoms with Crippen LogP contribution in [0.4, 0.5) is 21.6 Å². The fraction of sp³-hybridized carbons (Fsp3) is 0.214. The number of halogens is 1. The highest BCUT2D eigenvalue weighted by molar-refractivity contribution is 7.85. The third kappa shape index (κ3) is 5.69. The topological polar surface area (TPSA) is 135 Å². The Labute approximate surface area is 239 Å². The van der Waals surface area contributed by atoms with E-state index in [9.17, 15) is 12.8 Å². The molecule has 0 saturated carbocycles. The normalized spacial score (nSPS) is 12.6. The van der Waals surface area contributed by atoms with Crippen LogP contribution >= 0.6 is 11.3 Å². The molecule has 0 spiro atoms. The van der Waals surface area contributed by atoms with Crippen molar-refractivity contribution < 1.29 is 17.0 Å². The number of nitrogens with zero attached hydrogens (tertiary/aromatic N) is 4. The minimum absolute atomic E-state index is 0.0304. The van der Waals surface area contributed by atoms with Crippen LogP contribution in [0.25, 0.3) is 20.7 Å². The molecule has 2 aromatic carbocycles. The Bertz CT molecular complexity index is 1890. The molecule has 10 nitrogen and oxygen atoms in total. The summed E-state index contributed by atoms with van der Waals surface area (Å²) in [6, 6.07) is 12.1. The van der Waals surface area contributed by atoms with Crippen molar-refractivity contribution in [2.24, 2.45) is 0 Å². The number of nitrogens with one attached hydrogen (secondary N) is 3. The molecule has 0 atom stereocenters. The van der Waals surface area contributed by atoms with Crippen LogP contribution < -0.4 is 10.6 Å². The Hall–Kier alpha value is -4.20. The van der Waals surface area contributed by atoms with Gasteiger partial charge in [-0.15, -0.1) is 11.3 Å². The van der Waals surface area contributed by atoms with Crippen molar-refractivity contribution in [2.45, 2.75) is 25.9 Å². The molecule has 3 N–H and O–H groups in total. The van der Waals surface area contributed by atoms with Gasteiger partial charge in [-0.2, -0.15) is 13.5 Å². The summed E-state index contributed by atoms with van der Waals surface area (Å²) >= 11 is 1.58. The number of aromatic nitrogens is 4. The zero-order chi connectivity index (χ0) is 28.6. The van der Waals surface area contributed by atoms with Gasteiger partial charge in [-0.25, -0.2) is 14.4 Å². The second-order valence-corrected chi connectivity index (χ2v) is 12.3. The van der Waals surface area contributed by atoms with Gasteiger partial charge in [-0.1, -0.05) is 12.1 Å². The quantitative estimate of drug-likeness (QED) is 0.150. The highest BCUT2D eigenvalue weighted by Gasteiger charge is 2.27. The van der Waals surface area contributed by atoms with Crippen molar-refractivity contribution in [1.82, 2.24) is 19.7 Å². The van der Waals surface area contributed by atoms with Crippen molar-refractivity contribution >= 4 is 55.1 Å². The number of benzene rings is 2. The van der Waals surface area contributed by atoms with Crippen LogP contribution in [0.1, 0.15) is 22.4 Å². The Balaban J connectivity index is 1.25. The van der Waals surface area contributed by atoms with Crippen LogP contribution in [-0.4, -0.2) is 47.2 Å². The highest BCUT2D eigenvalue weighted by atomic mass is 32.2. The number of fused-ring (bicyclic) bond motifs is 5. The molecule has 0 amide bonds. The first kappa shape index (κ1) is 27.0. The number of rotatable bonds is 10. The molecule has 3 aromatic heterocycles. The van der Waals surface area contributed by atoms with Crippen molar-refractivity contribution in [1.29, 1.82) is 5.41 Å². The Morgan fingerprint density at radius 1 is 1.20 bits per heavy atom. The molecule has 0 saturated heterocycles. The van der Waals surface area contributed by atoms with E-state index in [-0.39, 0.29) is 12.4 Å². The van der Waals surface area contributed by atoms with Crippen molar-refractivity contribution in [2.75, 3.05) is 23.5 Å². The third-order valence-electron chi connectivity index (χ3n) is 6.83. The summed E-state index contributed by atoms with van der Waals surface area (Å²) in [7, 11) is -3.51. The van der Waals surface area contributed by atoms with Crippen LogP contribution in [-0.2, 0) is 40.2 Å². The standard InChI is InChI=1S/C28H26FN7O3S2/c1-41(37,38)39-10-9-36-24-8-6-21-25-27(32-16-33-28(25)40-26(21)22(24)15-34-36)35-20-5-7-23(18(12-20)13-30)31-14-17-3-2-4-19(29)11-17/h2-5,7,11-13,15-16,30-31H,6,8-10,14H2,1H3,(H,32,33,35). The Morgan fingerprint density at radius 2 is 2.07 bits per heavy atom. The number of anilines is 3. The summed E-state index contributed by atoms with van der Waals surface area (Å²) in [5.74, 6) is 0.397. The Kier molecular flexibility index (Phi) is 7.24. The molecule has 0 aliphatic heterocycles. The SMILES string of the molecule is CS(=O)(=O)OCCn1ncc2c1CCc1c-2sc2ncnc(Nc3ccc(NCc4cccc(F)c4)c(C=N)c3)c12. The van der Waals surface area contributed by atoms with E-state index in [0.717, 1.165) is 68.0 Å². The first-order chi connectivity index (χ1) is 19.8. The van der Waals surface area contributed by atoms with E-state index in [2.05, 4.69) is 25.7 Å². The van der Waals surface area contributed by atoms with Gasteiger partial charge in [0.05, 0.1) is 31.0 Å². The number of aryl methyl sites for hydroxylation is 1. The molecule has 0 radical (unpaired) electrons. The lowest BCUT2D eigenvalue weighted by atomic mass is 9.95. The Morgan fingerprint density at radius 3 is 2.88 bits per heavy atom. The lowest BCUT2D eigenvalue weighted by Gasteiger charge is -2.16. The summed E-state index contributed by atoms with van der Waals surface area (Å²) in [5, 5.41) is 20.1. The molecule has 0 unspecified atom stereocenters. The van der Waals surface area contributed by atoms with Gasteiger partial charge in [-0.3, -0.25) is 8.86 Å². The van der Waals surface area contributed by atoms with Gasteiger partial charge < -0.3 is 16.0 Å². The molecule has 3 heterocycles. The predicted molar refractivity (Wildman–Crippen MR) is 158 cm³/mol. The summed E-state index contributed by atoms with van der Waals surface area (Å²) in [6.07, 6.45) is 7.17. The monoisotopic (exact) mass is 591 g/mol. The van der Waals surface area contributed by atoms with Crippen molar-refractivity contribution in [3.63, 3.8) is 0 Å². The molecule has 0 fully saturated rings. The van der Waals surface area contributed by atoms with Gasteiger partial charge in [0.25, 0.3) is 10.1 Å². The zero-order valence-corrected chi connectivity index (χ0v) is 23.7.